The third-order valence-corrected chi connectivity index (χ3v) is 5.19. The van der Waals surface area contributed by atoms with Crippen molar-refractivity contribution in [1.29, 1.82) is 0 Å². The van der Waals surface area contributed by atoms with Crippen LogP contribution in [0, 0.1) is 11.8 Å². The van der Waals surface area contributed by atoms with Crippen molar-refractivity contribution in [3.8, 4) is 0 Å². The van der Waals surface area contributed by atoms with Crippen molar-refractivity contribution in [2.75, 3.05) is 24.6 Å². The van der Waals surface area contributed by atoms with Crippen LogP contribution >= 0.6 is 0 Å². The predicted molar refractivity (Wildman–Crippen MR) is 94.1 cm³/mol. The highest BCUT2D eigenvalue weighted by molar-refractivity contribution is 5.44. The molecule has 2 aromatic heterocycles. The summed E-state index contributed by atoms with van der Waals surface area (Å²) in [6, 6.07) is 4.44. The van der Waals surface area contributed by atoms with E-state index in [0.29, 0.717) is 6.61 Å². The first kappa shape index (κ1) is 15.6. The number of anilines is 1. The molecule has 1 saturated heterocycles. The Hall–Kier alpha value is -1.88. The van der Waals surface area contributed by atoms with Gasteiger partial charge in [0.1, 0.15) is 5.82 Å². The minimum Gasteiger partial charge on any atom is -0.375 e. The summed E-state index contributed by atoms with van der Waals surface area (Å²) in [5, 5.41) is 0. The molecule has 5 nitrogen and oxygen atoms in total. The molecule has 2 atom stereocenters. The van der Waals surface area contributed by atoms with E-state index in [4.69, 9.17) is 9.72 Å². The molecule has 2 unspecified atom stereocenters. The van der Waals surface area contributed by atoms with Crippen molar-refractivity contribution in [3.63, 3.8) is 0 Å². The van der Waals surface area contributed by atoms with Crippen molar-refractivity contribution in [3.05, 3.63) is 41.6 Å². The molecule has 0 N–H and O–H groups in total. The first-order chi connectivity index (χ1) is 11.8. The minimum atomic E-state index is 0.582. The van der Waals surface area contributed by atoms with Crippen molar-refractivity contribution in [2.24, 2.45) is 11.8 Å². The van der Waals surface area contributed by atoms with Crippen LogP contribution in [0.5, 0.6) is 0 Å². The van der Waals surface area contributed by atoms with Gasteiger partial charge in [0, 0.05) is 31.6 Å². The molecule has 2 aromatic rings. The maximum Gasteiger partial charge on any atom is 0.128 e. The molecule has 1 aliphatic heterocycles. The second kappa shape index (κ2) is 6.55. The summed E-state index contributed by atoms with van der Waals surface area (Å²) in [7, 11) is 0. The van der Waals surface area contributed by atoms with Gasteiger partial charge in [0.25, 0.3) is 0 Å². The summed E-state index contributed by atoms with van der Waals surface area (Å²) in [5.41, 5.74) is 3.47. The van der Waals surface area contributed by atoms with Crippen LogP contribution in [0.2, 0.25) is 0 Å². The van der Waals surface area contributed by atoms with Crippen LogP contribution in [0.1, 0.15) is 37.2 Å². The number of ether oxygens (including phenoxy) is 1. The number of aromatic nitrogens is 3. The molecule has 0 aromatic carbocycles. The molecule has 1 aliphatic carbocycles. The smallest absolute Gasteiger partial charge is 0.128 e. The first-order valence-electron chi connectivity index (χ1n) is 9.09. The van der Waals surface area contributed by atoms with Gasteiger partial charge in [0.05, 0.1) is 25.2 Å². The molecule has 1 saturated carbocycles. The summed E-state index contributed by atoms with van der Waals surface area (Å²) >= 11 is 0. The average molecular weight is 326 g/mol. The summed E-state index contributed by atoms with van der Waals surface area (Å²) in [5.74, 6) is 3.03. The fourth-order valence-electron chi connectivity index (χ4n) is 3.70. The Morgan fingerprint density at radius 3 is 2.79 bits per heavy atom. The van der Waals surface area contributed by atoms with Crippen LogP contribution in [0.15, 0.2) is 24.7 Å². The average Bonchev–Trinajstić information content (AvgIpc) is 3.00. The van der Waals surface area contributed by atoms with Gasteiger partial charge < -0.3 is 14.2 Å². The quantitative estimate of drug-likeness (QED) is 0.785. The Bertz CT molecular complexity index is 701. The van der Waals surface area contributed by atoms with Gasteiger partial charge in [-0.15, -0.1) is 0 Å². The van der Waals surface area contributed by atoms with E-state index in [2.05, 4.69) is 39.7 Å². The lowest BCUT2D eigenvalue weighted by Gasteiger charge is -2.20. The van der Waals surface area contributed by atoms with Crippen molar-refractivity contribution in [1.82, 2.24) is 14.5 Å². The van der Waals surface area contributed by atoms with E-state index < -0.39 is 0 Å². The zero-order valence-electron chi connectivity index (χ0n) is 14.6. The van der Waals surface area contributed by atoms with E-state index in [9.17, 15) is 0 Å². The lowest BCUT2D eigenvalue weighted by atomic mass is 10.1. The predicted octanol–water partition coefficient (Wildman–Crippen LogP) is 2.88. The van der Waals surface area contributed by atoms with E-state index in [1.54, 1.807) is 0 Å². The molecule has 4 rings (SSSR count). The van der Waals surface area contributed by atoms with Crippen LogP contribution in [0.25, 0.3) is 0 Å². The number of imidazole rings is 1. The van der Waals surface area contributed by atoms with Crippen molar-refractivity contribution in [2.45, 2.75) is 39.8 Å². The molecule has 128 valence electrons. The molecule has 2 aliphatic rings. The Morgan fingerprint density at radius 2 is 2.04 bits per heavy atom. The monoisotopic (exact) mass is 326 g/mol. The van der Waals surface area contributed by atoms with Gasteiger partial charge in [-0.2, -0.15) is 0 Å². The number of piperidine rings is 1. The van der Waals surface area contributed by atoms with Crippen LogP contribution in [-0.4, -0.2) is 34.2 Å². The maximum atomic E-state index is 5.42. The van der Waals surface area contributed by atoms with Crippen LogP contribution in [0.4, 0.5) is 5.82 Å². The zero-order chi connectivity index (χ0) is 16.5. The summed E-state index contributed by atoms with van der Waals surface area (Å²) in [4.78, 5) is 11.8. The highest BCUT2D eigenvalue weighted by atomic mass is 16.5. The Kier molecular flexibility index (Phi) is 4.27. The maximum absolute atomic E-state index is 5.42. The molecule has 0 amide bonds. The number of pyridine rings is 1. The topological polar surface area (TPSA) is 43.2 Å². The van der Waals surface area contributed by atoms with Crippen LogP contribution in [0.3, 0.4) is 0 Å². The van der Waals surface area contributed by atoms with Gasteiger partial charge in [0.15, 0.2) is 0 Å². The van der Waals surface area contributed by atoms with Crippen LogP contribution < -0.4 is 4.90 Å². The van der Waals surface area contributed by atoms with Gasteiger partial charge in [-0.1, -0.05) is 13.0 Å². The summed E-state index contributed by atoms with van der Waals surface area (Å²) in [6.07, 6.45) is 6.34. The van der Waals surface area contributed by atoms with Gasteiger partial charge in [-0.05, 0) is 43.2 Å². The van der Waals surface area contributed by atoms with Crippen molar-refractivity contribution < 1.29 is 4.74 Å². The van der Waals surface area contributed by atoms with E-state index in [-0.39, 0.29) is 0 Å². The molecule has 0 radical (unpaired) electrons. The highest BCUT2D eigenvalue weighted by Crippen LogP contribution is 2.45. The van der Waals surface area contributed by atoms with E-state index in [1.807, 2.05) is 13.3 Å². The van der Waals surface area contributed by atoms with Gasteiger partial charge >= 0.3 is 0 Å². The Labute approximate surface area is 143 Å². The fraction of sp³-hybridized carbons (Fsp3) is 0.579. The zero-order valence-corrected chi connectivity index (χ0v) is 14.6. The van der Waals surface area contributed by atoms with E-state index in [0.717, 1.165) is 42.9 Å². The second-order valence-corrected chi connectivity index (χ2v) is 6.96. The molecular formula is C19H26N4O. The fourth-order valence-corrected chi connectivity index (χ4v) is 3.70. The van der Waals surface area contributed by atoms with Crippen LogP contribution in [-0.2, 0) is 24.3 Å². The lowest BCUT2D eigenvalue weighted by Crippen LogP contribution is -2.23. The number of hydrogen-bond donors (Lipinski definition) is 0. The van der Waals surface area contributed by atoms with E-state index in [1.165, 1.54) is 30.8 Å². The molecule has 3 heterocycles. The molecule has 24 heavy (non-hydrogen) atoms. The third-order valence-electron chi connectivity index (χ3n) is 5.19. The number of aryl methyl sites for hydroxylation is 1. The van der Waals surface area contributed by atoms with Gasteiger partial charge in [-0.25, -0.2) is 9.97 Å². The Balaban J connectivity index is 1.47. The molecule has 5 heteroatoms. The van der Waals surface area contributed by atoms with Gasteiger partial charge in [-0.3, -0.25) is 0 Å². The normalized spacial score (nSPS) is 22.0. The summed E-state index contributed by atoms with van der Waals surface area (Å²) < 4.78 is 7.54. The number of rotatable bonds is 7. The van der Waals surface area contributed by atoms with E-state index >= 15 is 0 Å². The van der Waals surface area contributed by atoms with Crippen molar-refractivity contribution >= 4 is 5.82 Å². The van der Waals surface area contributed by atoms with Gasteiger partial charge in [0.2, 0.25) is 0 Å². The Morgan fingerprint density at radius 1 is 1.21 bits per heavy atom. The second-order valence-electron chi connectivity index (χ2n) is 6.96. The number of hydrogen-bond acceptors (Lipinski definition) is 4. The molecular weight excluding hydrogens is 300 g/mol. The molecule has 0 bridgehead atoms. The third kappa shape index (κ3) is 3.18. The number of nitrogens with zero attached hydrogens (tertiary/aromatic N) is 4. The number of fused-ring (bicyclic) bond motifs is 1. The lowest BCUT2D eigenvalue weighted by molar-refractivity contribution is 0.131. The largest absolute Gasteiger partial charge is 0.375 e. The molecule has 2 fully saturated rings. The minimum absolute atomic E-state index is 0.582. The highest BCUT2D eigenvalue weighted by Gasteiger charge is 2.45. The molecule has 0 spiro atoms. The SMILES string of the molecule is CCOCc1cn(Cc2ccc(N3CC4CC4C3)nc2CC)cn1. The standard InChI is InChI=1S/C19H26N4O/c1-3-18-14(8-22-11-17(20-13-22)12-24-4-2)5-6-19(21-18)23-9-15-7-16(15)10-23/h5-6,11,13,15-16H,3-4,7-10,12H2,1-2H3. The first-order valence-corrected chi connectivity index (χ1v) is 9.09. The summed E-state index contributed by atoms with van der Waals surface area (Å²) in [6.45, 7) is 8.70.